The lowest BCUT2D eigenvalue weighted by molar-refractivity contribution is 0.0936. The maximum Gasteiger partial charge on any atom is 0.0967 e. The Bertz CT molecular complexity index is 310. The summed E-state index contributed by atoms with van der Waals surface area (Å²) < 4.78 is 9.20. The summed E-state index contributed by atoms with van der Waals surface area (Å²) in [5, 5.41) is 14.2. The highest BCUT2D eigenvalue weighted by molar-refractivity contribution is 7.05. The standard InChI is InChI=1S/C10H16N2O2S/c1-2-3-8-10(15-12-11-8)9(13)7-4-5-14-6-7/h7,9,13H,2-6H2,1H3. The largest absolute Gasteiger partial charge is 0.387 e. The summed E-state index contributed by atoms with van der Waals surface area (Å²) in [5.41, 5.74) is 0.960. The number of aliphatic hydroxyl groups is 1. The Morgan fingerprint density at radius 2 is 2.53 bits per heavy atom. The van der Waals surface area contributed by atoms with E-state index in [-0.39, 0.29) is 5.92 Å². The van der Waals surface area contributed by atoms with Crippen LogP contribution in [0.5, 0.6) is 0 Å². The van der Waals surface area contributed by atoms with Crippen molar-refractivity contribution in [1.82, 2.24) is 9.59 Å². The van der Waals surface area contributed by atoms with E-state index in [0.717, 1.165) is 36.4 Å². The molecule has 0 aliphatic carbocycles. The molecule has 0 radical (unpaired) electrons. The van der Waals surface area contributed by atoms with E-state index >= 15 is 0 Å². The van der Waals surface area contributed by atoms with Crippen LogP contribution in [0.1, 0.15) is 36.4 Å². The van der Waals surface area contributed by atoms with E-state index in [9.17, 15) is 5.11 Å². The number of aliphatic hydroxyl groups excluding tert-OH is 1. The zero-order valence-electron chi connectivity index (χ0n) is 8.85. The molecular weight excluding hydrogens is 212 g/mol. The van der Waals surface area contributed by atoms with Gasteiger partial charge in [0.15, 0.2) is 0 Å². The first-order valence-corrected chi connectivity index (χ1v) is 6.17. The lowest BCUT2D eigenvalue weighted by Gasteiger charge is -2.14. The first-order valence-electron chi connectivity index (χ1n) is 5.40. The van der Waals surface area contributed by atoms with Crippen LogP contribution in [0.15, 0.2) is 0 Å². The van der Waals surface area contributed by atoms with Crippen molar-refractivity contribution in [3.63, 3.8) is 0 Å². The molecule has 1 aromatic heterocycles. The second-order valence-corrected chi connectivity index (χ2v) is 4.69. The molecule has 15 heavy (non-hydrogen) atoms. The van der Waals surface area contributed by atoms with Gasteiger partial charge in [-0.1, -0.05) is 17.8 Å². The number of hydrogen-bond acceptors (Lipinski definition) is 5. The lowest BCUT2D eigenvalue weighted by atomic mass is 9.99. The molecular formula is C10H16N2O2S. The number of rotatable bonds is 4. The van der Waals surface area contributed by atoms with Gasteiger partial charge in [0, 0.05) is 12.5 Å². The Hall–Kier alpha value is -0.520. The van der Waals surface area contributed by atoms with Gasteiger partial charge in [-0.3, -0.25) is 0 Å². The quantitative estimate of drug-likeness (QED) is 0.849. The fourth-order valence-electron chi connectivity index (χ4n) is 1.87. The minimum atomic E-state index is -0.436. The number of ether oxygens (including phenoxy) is 1. The molecule has 0 spiro atoms. The smallest absolute Gasteiger partial charge is 0.0967 e. The topological polar surface area (TPSA) is 55.2 Å². The van der Waals surface area contributed by atoms with Crippen LogP contribution in [-0.2, 0) is 11.2 Å². The van der Waals surface area contributed by atoms with Crippen LogP contribution < -0.4 is 0 Å². The third kappa shape index (κ3) is 2.35. The SMILES string of the molecule is CCCc1nnsc1C(O)C1CCOC1. The van der Waals surface area contributed by atoms with E-state index in [1.54, 1.807) is 0 Å². The Morgan fingerprint density at radius 1 is 1.67 bits per heavy atom. The summed E-state index contributed by atoms with van der Waals surface area (Å²) in [6.07, 6.45) is 2.43. The molecule has 0 saturated carbocycles. The molecule has 0 aromatic carbocycles. The third-order valence-corrected chi connectivity index (χ3v) is 3.59. The molecule has 2 rings (SSSR count). The molecule has 0 amide bonds. The summed E-state index contributed by atoms with van der Waals surface area (Å²) >= 11 is 1.32. The van der Waals surface area contributed by atoms with Crippen molar-refractivity contribution >= 4 is 11.5 Å². The molecule has 4 nitrogen and oxygen atoms in total. The number of aromatic nitrogens is 2. The van der Waals surface area contributed by atoms with E-state index in [1.165, 1.54) is 11.5 Å². The highest BCUT2D eigenvalue weighted by Gasteiger charge is 2.28. The van der Waals surface area contributed by atoms with Crippen LogP contribution in [0.4, 0.5) is 0 Å². The Kier molecular flexibility index (Phi) is 3.66. The number of nitrogens with zero attached hydrogens (tertiary/aromatic N) is 2. The molecule has 2 heterocycles. The average molecular weight is 228 g/mol. The van der Waals surface area contributed by atoms with Gasteiger partial charge in [-0.2, -0.15) is 0 Å². The second kappa shape index (κ2) is 5.01. The van der Waals surface area contributed by atoms with Crippen LogP contribution in [0, 0.1) is 5.92 Å². The van der Waals surface area contributed by atoms with Crippen molar-refractivity contribution in [2.45, 2.75) is 32.3 Å². The van der Waals surface area contributed by atoms with E-state index in [0.29, 0.717) is 6.61 Å². The summed E-state index contributed by atoms with van der Waals surface area (Å²) in [6.45, 7) is 3.52. The van der Waals surface area contributed by atoms with Crippen molar-refractivity contribution in [2.75, 3.05) is 13.2 Å². The van der Waals surface area contributed by atoms with Crippen molar-refractivity contribution in [3.05, 3.63) is 10.6 Å². The predicted molar refractivity (Wildman–Crippen MR) is 57.8 cm³/mol. The Labute approximate surface area is 93.4 Å². The van der Waals surface area contributed by atoms with Gasteiger partial charge in [0.05, 0.1) is 23.3 Å². The van der Waals surface area contributed by atoms with Gasteiger partial charge < -0.3 is 9.84 Å². The van der Waals surface area contributed by atoms with E-state index in [2.05, 4.69) is 16.5 Å². The summed E-state index contributed by atoms with van der Waals surface area (Å²) in [5.74, 6) is 0.225. The maximum absolute atomic E-state index is 10.2. The van der Waals surface area contributed by atoms with Gasteiger partial charge in [-0.15, -0.1) is 5.10 Å². The predicted octanol–water partition coefficient (Wildman–Crippen LogP) is 1.56. The summed E-state index contributed by atoms with van der Waals surface area (Å²) in [6, 6.07) is 0. The Balaban J connectivity index is 2.09. The highest BCUT2D eigenvalue weighted by Crippen LogP contribution is 2.32. The monoisotopic (exact) mass is 228 g/mol. The molecule has 1 aliphatic heterocycles. The Morgan fingerprint density at radius 3 is 3.20 bits per heavy atom. The minimum Gasteiger partial charge on any atom is -0.387 e. The number of hydrogen-bond donors (Lipinski definition) is 1. The lowest BCUT2D eigenvalue weighted by Crippen LogP contribution is -2.12. The van der Waals surface area contributed by atoms with Crippen molar-refractivity contribution in [1.29, 1.82) is 0 Å². The molecule has 0 bridgehead atoms. The second-order valence-electron chi connectivity index (χ2n) is 3.90. The number of aryl methyl sites for hydroxylation is 1. The summed E-state index contributed by atoms with van der Waals surface area (Å²) in [4.78, 5) is 0.937. The molecule has 2 unspecified atom stereocenters. The van der Waals surface area contributed by atoms with Crippen LogP contribution in [-0.4, -0.2) is 27.9 Å². The van der Waals surface area contributed by atoms with Gasteiger partial charge in [0.25, 0.3) is 0 Å². The van der Waals surface area contributed by atoms with Crippen LogP contribution in [0.2, 0.25) is 0 Å². The zero-order valence-corrected chi connectivity index (χ0v) is 9.66. The molecule has 5 heteroatoms. The molecule has 84 valence electrons. The normalized spacial score (nSPS) is 23.2. The van der Waals surface area contributed by atoms with E-state index < -0.39 is 6.10 Å². The van der Waals surface area contributed by atoms with Gasteiger partial charge in [0.2, 0.25) is 0 Å². The van der Waals surface area contributed by atoms with Crippen molar-refractivity contribution in [2.24, 2.45) is 5.92 Å². The minimum absolute atomic E-state index is 0.225. The van der Waals surface area contributed by atoms with Crippen LogP contribution in [0.3, 0.4) is 0 Å². The molecule has 1 aromatic rings. The van der Waals surface area contributed by atoms with Gasteiger partial charge in [-0.25, -0.2) is 0 Å². The van der Waals surface area contributed by atoms with Gasteiger partial charge in [0.1, 0.15) is 0 Å². The highest BCUT2D eigenvalue weighted by atomic mass is 32.1. The van der Waals surface area contributed by atoms with Gasteiger partial charge in [-0.05, 0) is 24.4 Å². The molecule has 1 aliphatic rings. The summed E-state index contributed by atoms with van der Waals surface area (Å²) in [7, 11) is 0. The van der Waals surface area contributed by atoms with Crippen molar-refractivity contribution in [3.8, 4) is 0 Å². The zero-order chi connectivity index (χ0) is 10.7. The van der Waals surface area contributed by atoms with Gasteiger partial charge >= 0.3 is 0 Å². The van der Waals surface area contributed by atoms with Crippen LogP contribution in [0.25, 0.3) is 0 Å². The first-order chi connectivity index (χ1) is 7.33. The van der Waals surface area contributed by atoms with Crippen molar-refractivity contribution < 1.29 is 9.84 Å². The van der Waals surface area contributed by atoms with Crippen LogP contribution >= 0.6 is 11.5 Å². The molecule has 1 saturated heterocycles. The fourth-order valence-corrected chi connectivity index (χ4v) is 2.64. The maximum atomic E-state index is 10.2. The fraction of sp³-hybridized carbons (Fsp3) is 0.800. The molecule has 1 N–H and O–H groups in total. The molecule has 2 atom stereocenters. The van der Waals surface area contributed by atoms with E-state index in [1.807, 2.05) is 0 Å². The molecule has 1 fully saturated rings. The first kappa shape index (κ1) is 11.0. The van der Waals surface area contributed by atoms with E-state index in [4.69, 9.17) is 4.74 Å². The third-order valence-electron chi connectivity index (χ3n) is 2.75. The average Bonchev–Trinajstić information content (AvgIpc) is 2.87.